The summed E-state index contributed by atoms with van der Waals surface area (Å²) < 4.78 is 4.82. The van der Waals surface area contributed by atoms with Gasteiger partial charge in [-0.15, -0.1) is 0 Å². The van der Waals surface area contributed by atoms with Crippen LogP contribution in [-0.4, -0.2) is 34.9 Å². The van der Waals surface area contributed by atoms with Gasteiger partial charge in [0, 0.05) is 0 Å². The molecule has 0 aromatic rings. The molecule has 68 valence electrons. The third kappa shape index (κ3) is 1.40. The molecule has 3 atom stereocenters. The summed E-state index contributed by atoms with van der Waals surface area (Å²) in [6.45, 7) is 1.87. The Morgan fingerprint density at radius 3 is 2.25 bits per heavy atom. The van der Waals surface area contributed by atoms with E-state index in [0.717, 1.165) is 0 Å². The third-order valence-electron chi connectivity index (χ3n) is 2.01. The molecule has 1 aliphatic rings. The summed E-state index contributed by atoms with van der Waals surface area (Å²) in [4.78, 5) is 21.1. The molecule has 0 aromatic heterocycles. The van der Waals surface area contributed by atoms with Crippen LogP contribution in [-0.2, 0) is 14.3 Å². The lowest BCUT2D eigenvalue weighted by atomic mass is 9.92. The maximum atomic E-state index is 10.6. The predicted molar refractivity (Wildman–Crippen MR) is 37.7 cm³/mol. The number of carbonyl (C=O) groups is 2. The number of hydrogen-bond acceptors (Lipinski definition) is 3. The monoisotopic (exact) mass is 174 g/mol. The molecule has 3 unspecified atom stereocenters. The lowest BCUT2D eigenvalue weighted by molar-refractivity contribution is -0.157. The minimum atomic E-state index is -1.20. The number of rotatable bonds is 2. The van der Waals surface area contributed by atoms with Crippen LogP contribution in [0.4, 0.5) is 0 Å². The Morgan fingerprint density at radius 2 is 1.92 bits per heavy atom. The Kier molecular flexibility index (Phi) is 2.32. The van der Waals surface area contributed by atoms with E-state index in [0.29, 0.717) is 0 Å². The molecule has 0 saturated carbocycles. The van der Waals surface area contributed by atoms with E-state index < -0.39 is 24.0 Å². The van der Waals surface area contributed by atoms with Crippen LogP contribution < -0.4 is 0 Å². The Bertz CT molecular complexity index is 212. The fourth-order valence-corrected chi connectivity index (χ4v) is 1.36. The van der Waals surface area contributed by atoms with Crippen molar-refractivity contribution >= 4 is 11.9 Å². The Balaban J connectivity index is 2.77. The topological polar surface area (TPSA) is 83.8 Å². The molecule has 1 rings (SSSR count). The van der Waals surface area contributed by atoms with E-state index >= 15 is 0 Å². The normalized spacial score (nSPS) is 34.9. The third-order valence-corrected chi connectivity index (χ3v) is 2.01. The first-order valence-corrected chi connectivity index (χ1v) is 3.61. The quantitative estimate of drug-likeness (QED) is 0.606. The molecule has 5 heteroatoms. The van der Waals surface area contributed by atoms with Crippen LogP contribution in [0.2, 0.25) is 0 Å². The van der Waals surface area contributed by atoms with E-state index in [1.807, 2.05) is 0 Å². The van der Waals surface area contributed by atoms with Crippen molar-refractivity contribution in [2.24, 2.45) is 11.8 Å². The minimum Gasteiger partial charge on any atom is -0.481 e. The highest BCUT2D eigenvalue weighted by molar-refractivity contribution is 5.82. The first-order valence-electron chi connectivity index (χ1n) is 3.61. The molecule has 0 radical (unpaired) electrons. The van der Waals surface area contributed by atoms with Crippen molar-refractivity contribution in [3.05, 3.63) is 0 Å². The fraction of sp³-hybridized carbons (Fsp3) is 0.714. The van der Waals surface area contributed by atoms with Crippen molar-refractivity contribution in [2.45, 2.75) is 13.0 Å². The highest BCUT2D eigenvalue weighted by Gasteiger charge is 2.44. The Labute approximate surface area is 68.9 Å². The van der Waals surface area contributed by atoms with E-state index in [1.54, 1.807) is 6.92 Å². The van der Waals surface area contributed by atoms with Crippen molar-refractivity contribution < 1.29 is 24.5 Å². The van der Waals surface area contributed by atoms with Gasteiger partial charge in [-0.3, -0.25) is 4.79 Å². The smallest absolute Gasteiger partial charge is 0.333 e. The van der Waals surface area contributed by atoms with Crippen LogP contribution in [0.3, 0.4) is 0 Å². The van der Waals surface area contributed by atoms with Gasteiger partial charge < -0.3 is 14.9 Å². The molecule has 1 fully saturated rings. The second kappa shape index (κ2) is 3.10. The number of carboxylic acids is 2. The van der Waals surface area contributed by atoms with Gasteiger partial charge in [-0.2, -0.15) is 0 Å². The number of hydrogen-bond donors (Lipinski definition) is 2. The van der Waals surface area contributed by atoms with Crippen LogP contribution in [0.25, 0.3) is 0 Å². The summed E-state index contributed by atoms with van der Waals surface area (Å²) in [5, 5.41) is 17.2. The van der Waals surface area contributed by atoms with Crippen LogP contribution in [0.5, 0.6) is 0 Å². The Hall–Kier alpha value is -1.10. The molecule has 0 spiro atoms. The molecule has 1 aliphatic heterocycles. The summed E-state index contributed by atoms with van der Waals surface area (Å²) >= 11 is 0. The van der Waals surface area contributed by atoms with Crippen LogP contribution >= 0.6 is 0 Å². The van der Waals surface area contributed by atoms with Crippen molar-refractivity contribution in [3.63, 3.8) is 0 Å². The molecule has 12 heavy (non-hydrogen) atoms. The molecule has 0 aliphatic carbocycles. The Morgan fingerprint density at radius 1 is 1.33 bits per heavy atom. The van der Waals surface area contributed by atoms with Gasteiger partial charge in [0.1, 0.15) is 0 Å². The van der Waals surface area contributed by atoms with Crippen molar-refractivity contribution in [1.29, 1.82) is 0 Å². The summed E-state index contributed by atoms with van der Waals surface area (Å²) in [7, 11) is 0. The average Bonchev–Trinajstić information content (AvgIpc) is 2.30. The lowest BCUT2D eigenvalue weighted by Crippen LogP contribution is -2.33. The maximum absolute atomic E-state index is 10.6. The average molecular weight is 174 g/mol. The second-order valence-electron chi connectivity index (χ2n) is 2.93. The van der Waals surface area contributed by atoms with Gasteiger partial charge in [0.2, 0.25) is 0 Å². The van der Waals surface area contributed by atoms with Crippen molar-refractivity contribution in [2.75, 3.05) is 6.61 Å². The zero-order valence-electron chi connectivity index (χ0n) is 6.56. The molecule has 5 nitrogen and oxygen atoms in total. The van der Waals surface area contributed by atoms with Gasteiger partial charge in [0.15, 0.2) is 6.10 Å². The van der Waals surface area contributed by atoms with Crippen LogP contribution in [0.1, 0.15) is 6.92 Å². The molecule has 0 amide bonds. The summed E-state index contributed by atoms with van der Waals surface area (Å²) in [5.41, 5.74) is 0. The van der Waals surface area contributed by atoms with Gasteiger partial charge in [-0.25, -0.2) is 4.79 Å². The largest absolute Gasteiger partial charge is 0.481 e. The molecule has 0 bridgehead atoms. The number of carboxylic acid groups (broad SMARTS) is 2. The van der Waals surface area contributed by atoms with E-state index in [1.165, 1.54) is 0 Å². The zero-order valence-corrected chi connectivity index (χ0v) is 6.56. The summed E-state index contributed by atoms with van der Waals surface area (Å²) in [6.07, 6.45) is -1.18. The molecule has 0 aromatic carbocycles. The van der Waals surface area contributed by atoms with Gasteiger partial charge in [0.05, 0.1) is 12.5 Å². The highest BCUT2D eigenvalue weighted by atomic mass is 16.5. The first kappa shape index (κ1) is 8.99. The summed E-state index contributed by atoms with van der Waals surface area (Å²) in [6, 6.07) is 0. The number of ether oxygens (including phenoxy) is 1. The number of aliphatic carboxylic acids is 2. The summed E-state index contributed by atoms with van der Waals surface area (Å²) in [5.74, 6) is -3.45. The van der Waals surface area contributed by atoms with Crippen LogP contribution in [0, 0.1) is 11.8 Å². The first-order chi connectivity index (χ1) is 5.54. The SMILES string of the molecule is CC1COC(C(=O)O)C1C(=O)O. The fourth-order valence-electron chi connectivity index (χ4n) is 1.36. The molecule has 1 heterocycles. The van der Waals surface area contributed by atoms with Crippen LogP contribution in [0.15, 0.2) is 0 Å². The lowest BCUT2D eigenvalue weighted by Gasteiger charge is -2.11. The molecule has 2 N–H and O–H groups in total. The van der Waals surface area contributed by atoms with E-state index in [-0.39, 0.29) is 12.5 Å². The van der Waals surface area contributed by atoms with E-state index in [9.17, 15) is 9.59 Å². The minimum absolute atomic E-state index is 0.202. The van der Waals surface area contributed by atoms with E-state index in [2.05, 4.69) is 0 Å². The van der Waals surface area contributed by atoms with Crippen molar-refractivity contribution in [3.8, 4) is 0 Å². The predicted octanol–water partition coefficient (Wildman–Crippen LogP) is -0.193. The highest BCUT2D eigenvalue weighted by Crippen LogP contribution is 2.26. The molecule has 1 saturated heterocycles. The van der Waals surface area contributed by atoms with Gasteiger partial charge in [0.25, 0.3) is 0 Å². The standard InChI is InChI=1S/C7H10O5/c1-3-2-12-5(7(10)11)4(3)6(8)9/h3-5H,2H2,1H3,(H,8,9)(H,10,11). The van der Waals surface area contributed by atoms with Crippen molar-refractivity contribution in [1.82, 2.24) is 0 Å². The van der Waals surface area contributed by atoms with E-state index in [4.69, 9.17) is 14.9 Å². The van der Waals surface area contributed by atoms with Gasteiger partial charge in [-0.1, -0.05) is 6.92 Å². The zero-order chi connectivity index (χ0) is 9.30. The van der Waals surface area contributed by atoms with Gasteiger partial charge in [-0.05, 0) is 5.92 Å². The second-order valence-corrected chi connectivity index (χ2v) is 2.93. The molecular formula is C7H10O5. The molecular weight excluding hydrogens is 164 g/mol. The van der Waals surface area contributed by atoms with Gasteiger partial charge >= 0.3 is 11.9 Å². The maximum Gasteiger partial charge on any atom is 0.333 e.